The van der Waals surface area contributed by atoms with E-state index in [-0.39, 0.29) is 11.7 Å². The van der Waals surface area contributed by atoms with E-state index in [0.717, 1.165) is 17.1 Å². The van der Waals surface area contributed by atoms with Crippen molar-refractivity contribution in [3.05, 3.63) is 76.5 Å². The van der Waals surface area contributed by atoms with Gasteiger partial charge >= 0.3 is 0 Å². The molecule has 25 heavy (non-hydrogen) atoms. The largest absolute Gasteiger partial charge is 0.497 e. The van der Waals surface area contributed by atoms with Crippen LogP contribution in [0.3, 0.4) is 0 Å². The van der Waals surface area contributed by atoms with Crippen molar-refractivity contribution in [1.82, 2.24) is 14.5 Å². The topological polar surface area (TPSA) is 95.1 Å². The van der Waals surface area contributed by atoms with Gasteiger partial charge in [0, 0.05) is 25.5 Å². The summed E-state index contributed by atoms with van der Waals surface area (Å²) in [7, 11) is 3.52. The standard InChI is InChI=1S/C17H17N5O3/c1-21-10-9-18-17(21)16(12-3-6-14(25-2)7-4-12)20-15-8-5-13(11-19-15)22(23)24/h3-11,16H,1-2H3,(H,19,20). The fourth-order valence-corrected chi connectivity index (χ4v) is 2.48. The Kier molecular flexibility index (Phi) is 4.60. The van der Waals surface area contributed by atoms with Crippen molar-refractivity contribution in [3.63, 3.8) is 0 Å². The number of nitrogens with one attached hydrogen (secondary N) is 1. The minimum absolute atomic E-state index is 0.0523. The van der Waals surface area contributed by atoms with Crippen molar-refractivity contribution in [2.24, 2.45) is 7.05 Å². The van der Waals surface area contributed by atoms with Gasteiger partial charge < -0.3 is 14.6 Å². The highest BCUT2D eigenvalue weighted by molar-refractivity contribution is 5.45. The van der Waals surface area contributed by atoms with Crippen molar-refractivity contribution in [2.75, 3.05) is 12.4 Å². The van der Waals surface area contributed by atoms with Crippen LogP contribution >= 0.6 is 0 Å². The van der Waals surface area contributed by atoms with Crippen molar-refractivity contribution < 1.29 is 9.66 Å². The number of ether oxygens (including phenoxy) is 1. The maximum Gasteiger partial charge on any atom is 0.287 e. The second-order valence-electron chi connectivity index (χ2n) is 5.41. The first kappa shape index (κ1) is 16.4. The Bertz CT molecular complexity index is 859. The number of nitro groups is 1. The van der Waals surface area contributed by atoms with Gasteiger partial charge in [-0.2, -0.15) is 0 Å². The van der Waals surface area contributed by atoms with Gasteiger partial charge in [0.1, 0.15) is 29.6 Å². The van der Waals surface area contributed by atoms with Gasteiger partial charge in [-0.3, -0.25) is 10.1 Å². The van der Waals surface area contributed by atoms with Gasteiger partial charge in [0.05, 0.1) is 12.0 Å². The molecular weight excluding hydrogens is 322 g/mol. The van der Waals surface area contributed by atoms with E-state index >= 15 is 0 Å². The average Bonchev–Trinajstić information content (AvgIpc) is 3.06. The molecule has 0 radical (unpaired) electrons. The molecule has 0 aliphatic carbocycles. The molecule has 0 aliphatic rings. The van der Waals surface area contributed by atoms with Crippen LogP contribution in [0.1, 0.15) is 17.4 Å². The minimum atomic E-state index is -0.476. The molecule has 3 aromatic rings. The van der Waals surface area contributed by atoms with E-state index in [4.69, 9.17) is 4.74 Å². The van der Waals surface area contributed by atoms with Crippen LogP contribution in [0.15, 0.2) is 55.0 Å². The van der Waals surface area contributed by atoms with E-state index in [1.165, 1.54) is 12.3 Å². The predicted molar refractivity (Wildman–Crippen MR) is 92.6 cm³/mol. The Balaban J connectivity index is 1.93. The summed E-state index contributed by atoms with van der Waals surface area (Å²) in [5.74, 6) is 2.08. The van der Waals surface area contributed by atoms with Crippen molar-refractivity contribution in [2.45, 2.75) is 6.04 Å². The van der Waals surface area contributed by atoms with E-state index in [0.29, 0.717) is 5.82 Å². The van der Waals surface area contributed by atoms with E-state index in [9.17, 15) is 10.1 Å². The van der Waals surface area contributed by atoms with E-state index in [1.807, 2.05) is 42.1 Å². The monoisotopic (exact) mass is 339 g/mol. The highest BCUT2D eigenvalue weighted by atomic mass is 16.6. The number of benzene rings is 1. The van der Waals surface area contributed by atoms with Gasteiger partial charge in [-0.05, 0) is 23.8 Å². The van der Waals surface area contributed by atoms with Crippen LogP contribution in [-0.2, 0) is 7.05 Å². The van der Waals surface area contributed by atoms with Gasteiger partial charge in [0.15, 0.2) is 0 Å². The van der Waals surface area contributed by atoms with Gasteiger partial charge in [-0.25, -0.2) is 9.97 Å². The van der Waals surface area contributed by atoms with Gasteiger partial charge in [0.2, 0.25) is 0 Å². The third kappa shape index (κ3) is 3.57. The molecule has 2 aromatic heterocycles. The van der Waals surface area contributed by atoms with Crippen LogP contribution in [0, 0.1) is 10.1 Å². The van der Waals surface area contributed by atoms with Crippen molar-refractivity contribution in [1.29, 1.82) is 0 Å². The van der Waals surface area contributed by atoms with Crippen molar-refractivity contribution >= 4 is 11.5 Å². The molecule has 0 spiro atoms. The van der Waals surface area contributed by atoms with E-state index in [2.05, 4.69) is 15.3 Å². The number of aryl methyl sites for hydroxylation is 1. The lowest BCUT2D eigenvalue weighted by molar-refractivity contribution is -0.385. The average molecular weight is 339 g/mol. The SMILES string of the molecule is COc1ccc(C(Nc2ccc([N+](=O)[O-])cn2)c2nccn2C)cc1. The number of imidazole rings is 1. The minimum Gasteiger partial charge on any atom is -0.497 e. The fourth-order valence-electron chi connectivity index (χ4n) is 2.48. The lowest BCUT2D eigenvalue weighted by atomic mass is 10.1. The lowest BCUT2D eigenvalue weighted by Crippen LogP contribution is -2.17. The first-order valence-electron chi connectivity index (χ1n) is 7.56. The zero-order valence-corrected chi connectivity index (χ0v) is 13.8. The first-order valence-corrected chi connectivity index (χ1v) is 7.56. The molecule has 8 nitrogen and oxygen atoms in total. The quantitative estimate of drug-likeness (QED) is 0.548. The molecule has 1 unspecified atom stereocenters. The number of anilines is 1. The molecule has 1 atom stereocenters. The second kappa shape index (κ2) is 7.00. The van der Waals surface area contributed by atoms with Gasteiger partial charge in [0.25, 0.3) is 5.69 Å². The zero-order valence-electron chi connectivity index (χ0n) is 13.8. The Morgan fingerprint density at radius 3 is 2.48 bits per heavy atom. The molecule has 0 saturated carbocycles. The molecule has 3 rings (SSSR count). The van der Waals surface area contributed by atoms with Crippen LogP contribution in [0.4, 0.5) is 11.5 Å². The molecule has 0 amide bonds. The number of aromatic nitrogens is 3. The number of hydrogen-bond acceptors (Lipinski definition) is 6. The van der Waals surface area contributed by atoms with Crippen LogP contribution in [0.5, 0.6) is 5.75 Å². The Morgan fingerprint density at radius 2 is 1.96 bits per heavy atom. The summed E-state index contributed by atoms with van der Waals surface area (Å²) in [5.41, 5.74) is 0.916. The fraction of sp³-hybridized carbons (Fsp3) is 0.176. The number of hydrogen-bond donors (Lipinski definition) is 1. The molecule has 1 aromatic carbocycles. The predicted octanol–water partition coefficient (Wildman–Crippen LogP) is 2.93. The van der Waals surface area contributed by atoms with Crippen LogP contribution < -0.4 is 10.1 Å². The molecule has 8 heteroatoms. The van der Waals surface area contributed by atoms with Gasteiger partial charge in [-0.15, -0.1) is 0 Å². The smallest absolute Gasteiger partial charge is 0.287 e. The molecule has 1 N–H and O–H groups in total. The highest BCUT2D eigenvalue weighted by Crippen LogP contribution is 2.26. The Labute approximate surface area is 144 Å². The summed E-state index contributed by atoms with van der Waals surface area (Å²) in [6.07, 6.45) is 4.80. The maximum atomic E-state index is 10.8. The molecule has 128 valence electrons. The summed E-state index contributed by atoms with van der Waals surface area (Å²) >= 11 is 0. The summed E-state index contributed by atoms with van der Waals surface area (Å²) < 4.78 is 7.11. The zero-order chi connectivity index (χ0) is 17.8. The number of nitrogens with zero attached hydrogens (tertiary/aromatic N) is 4. The summed E-state index contributed by atoms with van der Waals surface area (Å²) in [5, 5.41) is 14.1. The Hall–Kier alpha value is -3.42. The Morgan fingerprint density at radius 1 is 1.20 bits per heavy atom. The second-order valence-corrected chi connectivity index (χ2v) is 5.41. The first-order chi connectivity index (χ1) is 12.1. The third-order valence-corrected chi connectivity index (χ3v) is 3.82. The lowest BCUT2D eigenvalue weighted by Gasteiger charge is -2.20. The van der Waals surface area contributed by atoms with Crippen LogP contribution in [0.2, 0.25) is 0 Å². The number of pyridine rings is 1. The molecule has 2 heterocycles. The van der Waals surface area contributed by atoms with Crippen LogP contribution in [-0.4, -0.2) is 26.6 Å². The molecular formula is C17H17N5O3. The van der Waals surface area contributed by atoms with E-state index in [1.54, 1.807) is 19.4 Å². The third-order valence-electron chi connectivity index (χ3n) is 3.82. The molecule has 0 bridgehead atoms. The van der Waals surface area contributed by atoms with E-state index < -0.39 is 4.92 Å². The summed E-state index contributed by atoms with van der Waals surface area (Å²) in [6, 6.07) is 10.4. The highest BCUT2D eigenvalue weighted by Gasteiger charge is 2.19. The number of methoxy groups -OCH3 is 1. The molecule has 0 saturated heterocycles. The normalized spacial score (nSPS) is 11.8. The molecule has 0 aliphatic heterocycles. The van der Waals surface area contributed by atoms with Gasteiger partial charge in [-0.1, -0.05) is 12.1 Å². The molecule has 0 fully saturated rings. The summed E-state index contributed by atoms with van der Waals surface area (Å²) in [4.78, 5) is 18.8. The van der Waals surface area contributed by atoms with Crippen molar-refractivity contribution in [3.8, 4) is 5.75 Å². The maximum absolute atomic E-state index is 10.8. The number of rotatable bonds is 6. The van der Waals surface area contributed by atoms with Crippen LogP contribution in [0.25, 0.3) is 0 Å². The summed E-state index contributed by atoms with van der Waals surface area (Å²) in [6.45, 7) is 0.